The molecule has 388 valence electrons. The lowest BCUT2D eigenvalue weighted by Gasteiger charge is -2.46. The highest BCUT2D eigenvalue weighted by Crippen LogP contribution is 2.66. The summed E-state index contributed by atoms with van der Waals surface area (Å²) in [6.45, 7) is 4.15. The van der Waals surface area contributed by atoms with Crippen LogP contribution in [0, 0.1) is 23.7 Å². The van der Waals surface area contributed by atoms with Crippen LogP contribution in [0.4, 0.5) is 16.4 Å². The molecule has 4 amide bonds. The van der Waals surface area contributed by atoms with Crippen LogP contribution in [0.1, 0.15) is 65.4 Å². The molecule has 17 heteroatoms. The summed E-state index contributed by atoms with van der Waals surface area (Å²) in [4.78, 5) is 93.3. The molecule has 2 N–H and O–H groups in total. The van der Waals surface area contributed by atoms with Gasteiger partial charge in [0.1, 0.15) is 41.7 Å². The highest BCUT2D eigenvalue weighted by Gasteiger charge is 2.76. The number of methoxy groups -OCH3 is 2. The van der Waals surface area contributed by atoms with Gasteiger partial charge in [0.2, 0.25) is 17.8 Å². The first-order chi connectivity index (χ1) is 37.0. The summed E-state index contributed by atoms with van der Waals surface area (Å²) >= 11 is 0. The Bertz CT molecular complexity index is 3180. The lowest BCUT2D eigenvalue weighted by atomic mass is 9.64. The molecule has 1 aromatic heterocycles. The second-order valence-corrected chi connectivity index (χ2v) is 19.3. The molecular formula is C59H57N7O10. The topological polar surface area (TPSA) is 193 Å². The summed E-state index contributed by atoms with van der Waals surface area (Å²) in [5.74, 6) is 3.13. The molecule has 76 heavy (non-hydrogen) atoms. The maximum atomic E-state index is 17.0. The number of anilines is 2. The molecule has 7 atom stereocenters. The Morgan fingerprint density at radius 2 is 1.42 bits per heavy atom. The third kappa shape index (κ3) is 9.24. The molecule has 0 saturated carbocycles. The van der Waals surface area contributed by atoms with Crippen molar-refractivity contribution in [3.63, 3.8) is 0 Å². The van der Waals surface area contributed by atoms with Gasteiger partial charge in [-0.15, -0.1) is 0 Å². The van der Waals surface area contributed by atoms with Gasteiger partial charge in [-0.3, -0.25) is 19.3 Å². The first-order valence-corrected chi connectivity index (χ1v) is 25.2. The number of nitrogens with zero attached hydrogens (tertiary/aromatic N) is 6. The number of cyclic esters (lactones) is 1. The van der Waals surface area contributed by atoms with Gasteiger partial charge in [-0.2, -0.15) is 0 Å². The van der Waals surface area contributed by atoms with Gasteiger partial charge < -0.3 is 39.2 Å². The highest BCUT2D eigenvalue weighted by atomic mass is 16.6. The summed E-state index contributed by atoms with van der Waals surface area (Å²) < 4.78 is 23.3. The van der Waals surface area contributed by atoms with Gasteiger partial charge >= 0.3 is 18.0 Å². The maximum Gasteiger partial charge on any atom is 0.329 e. The third-order valence-corrected chi connectivity index (χ3v) is 14.7. The largest absolute Gasteiger partial charge is 0.497 e. The van der Waals surface area contributed by atoms with Gasteiger partial charge in [0.05, 0.1) is 44.5 Å². The molecule has 17 nitrogen and oxygen atoms in total. The number of aliphatic hydroxyl groups is 1. The van der Waals surface area contributed by atoms with E-state index in [-0.39, 0.29) is 37.6 Å². The summed E-state index contributed by atoms with van der Waals surface area (Å²) in [5, 5.41) is 12.7. The maximum absolute atomic E-state index is 17.0. The normalized spacial score (nSPS) is 22.2. The third-order valence-electron chi connectivity index (χ3n) is 14.7. The average Bonchev–Trinajstić information content (AvgIpc) is 3.97. The van der Waals surface area contributed by atoms with Crippen molar-refractivity contribution in [1.82, 2.24) is 25.1 Å². The van der Waals surface area contributed by atoms with Gasteiger partial charge in [0.15, 0.2) is 0 Å². The molecular weight excluding hydrogens is 967 g/mol. The molecule has 4 aliphatic heterocycles. The van der Waals surface area contributed by atoms with Gasteiger partial charge in [-0.25, -0.2) is 24.5 Å². The number of ether oxygens (including phenoxy) is 4. The smallest absolute Gasteiger partial charge is 0.329 e. The number of benzene rings is 5. The number of aromatic nitrogens is 2. The van der Waals surface area contributed by atoms with E-state index in [2.05, 4.69) is 27.1 Å². The number of hydrogen-bond acceptors (Lipinski definition) is 14. The summed E-state index contributed by atoms with van der Waals surface area (Å²) in [6.07, 6.45) is 2.33. The number of imide groups is 1. The number of fused-ring (bicyclic) bond motifs is 3. The molecule has 0 aliphatic carbocycles. The van der Waals surface area contributed by atoms with Crippen LogP contribution in [-0.2, 0) is 34.1 Å². The van der Waals surface area contributed by atoms with Gasteiger partial charge in [0.25, 0.3) is 0 Å². The van der Waals surface area contributed by atoms with Crippen molar-refractivity contribution in [2.45, 2.75) is 49.5 Å². The zero-order valence-corrected chi connectivity index (χ0v) is 42.4. The molecule has 0 radical (unpaired) electrons. The lowest BCUT2D eigenvalue weighted by molar-refractivity contribution is -0.179. The molecule has 4 aliphatic rings. The van der Waals surface area contributed by atoms with E-state index in [0.29, 0.717) is 52.8 Å². The Kier molecular flexibility index (Phi) is 14.5. The minimum absolute atomic E-state index is 0.0507. The first kappa shape index (κ1) is 50.9. The first-order valence-electron chi connectivity index (χ1n) is 25.2. The minimum Gasteiger partial charge on any atom is -0.497 e. The fourth-order valence-corrected chi connectivity index (χ4v) is 11.3. The number of urea groups is 1. The van der Waals surface area contributed by atoms with E-state index in [9.17, 15) is 9.90 Å². The van der Waals surface area contributed by atoms with Crippen molar-refractivity contribution in [3.05, 3.63) is 179 Å². The van der Waals surface area contributed by atoms with Crippen molar-refractivity contribution in [2.24, 2.45) is 11.8 Å². The Morgan fingerprint density at radius 1 is 0.763 bits per heavy atom. The summed E-state index contributed by atoms with van der Waals surface area (Å²) in [6, 6.07) is 34.2. The van der Waals surface area contributed by atoms with E-state index in [1.165, 1.54) is 7.11 Å². The van der Waals surface area contributed by atoms with E-state index in [1.54, 1.807) is 92.8 Å². The van der Waals surface area contributed by atoms with Crippen molar-refractivity contribution >= 4 is 41.4 Å². The number of piperazine rings is 1. The molecule has 3 saturated heterocycles. The molecule has 1 spiro atoms. The van der Waals surface area contributed by atoms with Crippen molar-refractivity contribution < 1.29 is 48.0 Å². The van der Waals surface area contributed by atoms with E-state index in [0.717, 1.165) is 10.5 Å². The lowest BCUT2D eigenvalue weighted by Crippen LogP contribution is -2.60. The fraction of sp³-hybridized carbons (Fsp3) is 0.305. The van der Waals surface area contributed by atoms with Crippen molar-refractivity contribution in [3.8, 4) is 23.3 Å². The molecule has 3 fully saturated rings. The van der Waals surface area contributed by atoms with E-state index in [1.807, 2.05) is 88.7 Å². The number of morpholine rings is 1. The number of rotatable bonds is 12. The SMILES string of the molecule is COC(=O)[C@@H](NC(=O)N1C(=O)[C@@]2(c3cc(C#Cc4ccc(OC)cc4)ccc31)[C@H](C(=O)N1CCN(c3ncccn3)CC1)[C@H]1C(=O)O[C@H](c3ccccc3)[C@H](c3ccccc3)N1[C@@H]2c1cccc(OCCO)c1)C(C)C. The Hall–Kier alpha value is -8.59. The predicted octanol–water partition coefficient (Wildman–Crippen LogP) is 6.18. The van der Waals surface area contributed by atoms with Gasteiger partial charge in [-0.1, -0.05) is 98.5 Å². The number of nitrogens with one attached hydrogen (secondary N) is 1. The quantitative estimate of drug-likeness (QED) is 0.104. The van der Waals surface area contributed by atoms with Gasteiger partial charge in [-0.05, 0) is 88.8 Å². The number of hydrogen-bond donors (Lipinski definition) is 2. The second-order valence-electron chi connectivity index (χ2n) is 19.3. The average molecular weight is 1020 g/mol. The second kappa shape index (κ2) is 21.7. The fourth-order valence-electron chi connectivity index (χ4n) is 11.3. The van der Waals surface area contributed by atoms with E-state index in [4.69, 9.17) is 18.9 Å². The number of amides is 4. The molecule has 0 bridgehead atoms. The Labute approximate surface area is 440 Å². The molecule has 5 heterocycles. The van der Waals surface area contributed by atoms with Gasteiger partial charge in [0, 0.05) is 49.7 Å². The van der Waals surface area contributed by atoms with Crippen LogP contribution in [0.25, 0.3) is 0 Å². The zero-order valence-electron chi connectivity index (χ0n) is 42.4. The number of carbonyl (C=O) groups is 5. The van der Waals surface area contributed by atoms with Crippen LogP contribution in [0.3, 0.4) is 0 Å². The molecule has 6 aromatic rings. The van der Waals surface area contributed by atoms with E-state index >= 15 is 19.2 Å². The van der Waals surface area contributed by atoms with Crippen LogP contribution in [0.5, 0.6) is 11.5 Å². The van der Waals surface area contributed by atoms with Crippen molar-refractivity contribution in [2.75, 3.05) is 63.4 Å². The monoisotopic (exact) mass is 1020 g/mol. The number of carbonyl (C=O) groups excluding carboxylic acids is 5. The molecule has 10 rings (SSSR count). The highest BCUT2D eigenvalue weighted by molar-refractivity contribution is 6.25. The minimum atomic E-state index is -2.13. The van der Waals surface area contributed by atoms with Crippen LogP contribution in [-0.4, -0.2) is 120 Å². The van der Waals surface area contributed by atoms with Crippen LogP contribution in [0.2, 0.25) is 0 Å². The van der Waals surface area contributed by atoms with Crippen LogP contribution in [0.15, 0.2) is 146 Å². The summed E-state index contributed by atoms with van der Waals surface area (Å²) in [7, 11) is 2.79. The molecule has 0 unspecified atom stereocenters. The molecule has 5 aromatic carbocycles. The zero-order chi connectivity index (χ0) is 53.1. The van der Waals surface area contributed by atoms with Crippen molar-refractivity contribution in [1.29, 1.82) is 0 Å². The van der Waals surface area contributed by atoms with Crippen LogP contribution >= 0.6 is 0 Å². The predicted molar refractivity (Wildman–Crippen MR) is 280 cm³/mol. The van der Waals surface area contributed by atoms with Crippen LogP contribution < -0.4 is 24.6 Å². The number of aliphatic hydroxyl groups excluding tert-OH is 1. The Morgan fingerprint density at radius 3 is 2.08 bits per heavy atom. The van der Waals surface area contributed by atoms with E-state index < -0.39 is 77.3 Å². The standard InChI is InChI=1S/C59H57N7O10/c1-37(2)48(54(69)74-4)62-58(72)65-46-26-23-39(20-19-38-21-24-43(73-3)25-22-38)35-45(46)59(56(65)71)47(53(68)63-29-31-64(32-30-63)57-60-27-12-28-61-57)50-55(70)76-51(41-15-9-6-10-16-41)49(40-13-7-5-8-14-40)66(50)52(59)42-17-11-18-44(36-42)75-34-33-67/h5-18,21-28,35-37,47-52,67H,29-34H2,1-4H3,(H,62,72)/t47-,48-,49-,50-,51+,52+,59-/m0/s1. The Balaban J connectivity index is 1.25. The number of esters is 2. The summed E-state index contributed by atoms with van der Waals surface area (Å²) in [5.41, 5.74) is 1.21.